The van der Waals surface area contributed by atoms with Crippen LogP contribution in [0.15, 0.2) is 12.5 Å². The highest BCUT2D eigenvalue weighted by molar-refractivity contribution is 5.80. The van der Waals surface area contributed by atoms with E-state index in [2.05, 4.69) is 24.1 Å². The van der Waals surface area contributed by atoms with Gasteiger partial charge in [-0.25, -0.2) is 4.98 Å². The van der Waals surface area contributed by atoms with Crippen LogP contribution in [0.1, 0.15) is 19.5 Å². The minimum absolute atomic E-state index is 0.327. The van der Waals surface area contributed by atoms with Gasteiger partial charge in [-0.2, -0.15) is 0 Å². The van der Waals surface area contributed by atoms with E-state index < -0.39 is 0 Å². The molecule has 0 aromatic carbocycles. The van der Waals surface area contributed by atoms with Crippen molar-refractivity contribution in [2.75, 3.05) is 6.54 Å². The van der Waals surface area contributed by atoms with Crippen LogP contribution in [0.25, 0.3) is 0 Å². The zero-order valence-electron chi connectivity index (χ0n) is 10.1. The first-order valence-corrected chi connectivity index (χ1v) is 5.48. The van der Waals surface area contributed by atoms with Crippen LogP contribution in [-0.4, -0.2) is 28.0 Å². The molecule has 1 aromatic heterocycles. The fraction of sp³-hybridized carbons (Fsp3) is 0.636. The predicted molar refractivity (Wildman–Crippen MR) is 62.7 cm³/mol. The minimum atomic E-state index is -0.336. The largest absolute Gasteiger partial charge is 0.368 e. The lowest BCUT2D eigenvalue weighted by Gasteiger charge is -2.15. The van der Waals surface area contributed by atoms with Gasteiger partial charge in [-0.1, -0.05) is 13.8 Å². The Morgan fingerprint density at radius 1 is 1.62 bits per heavy atom. The average Bonchev–Trinajstić information content (AvgIpc) is 2.57. The van der Waals surface area contributed by atoms with Crippen LogP contribution < -0.4 is 11.1 Å². The molecule has 0 saturated carbocycles. The van der Waals surface area contributed by atoms with Gasteiger partial charge in [-0.3, -0.25) is 4.79 Å². The van der Waals surface area contributed by atoms with Crippen molar-refractivity contribution in [2.45, 2.75) is 26.3 Å². The lowest BCUT2D eigenvalue weighted by molar-refractivity contribution is -0.120. The van der Waals surface area contributed by atoms with Crippen LogP contribution in [0.3, 0.4) is 0 Å². The molecule has 1 rings (SSSR count). The lowest BCUT2D eigenvalue weighted by atomic mass is 10.1. The lowest BCUT2D eigenvalue weighted by Crippen LogP contribution is -2.44. The second kappa shape index (κ2) is 5.65. The summed E-state index contributed by atoms with van der Waals surface area (Å²) < 4.78 is 1.86. The Balaban J connectivity index is 2.54. The third kappa shape index (κ3) is 4.02. The van der Waals surface area contributed by atoms with Crippen molar-refractivity contribution in [3.63, 3.8) is 0 Å². The van der Waals surface area contributed by atoms with E-state index in [-0.39, 0.29) is 11.9 Å². The maximum atomic E-state index is 11.2. The summed E-state index contributed by atoms with van der Waals surface area (Å²) in [6.07, 6.45) is 4.16. The highest BCUT2D eigenvalue weighted by Crippen LogP contribution is 2.00. The Kier molecular flexibility index (Phi) is 4.49. The molecule has 1 unspecified atom stereocenters. The van der Waals surface area contributed by atoms with Crippen molar-refractivity contribution in [1.82, 2.24) is 14.9 Å². The molecule has 0 bridgehead atoms. The number of nitrogens with zero attached hydrogens (tertiary/aromatic N) is 2. The maximum absolute atomic E-state index is 11.2. The number of hydrogen-bond acceptors (Lipinski definition) is 3. The first kappa shape index (κ1) is 12.7. The summed E-state index contributed by atoms with van der Waals surface area (Å²) in [5, 5.41) is 3.15. The molecule has 0 radical (unpaired) electrons. The second-order valence-corrected chi connectivity index (χ2v) is 4.49. The fourth-order valence-electron chi connectivity index (χ4n) is 1.43. The third-order valence-corrected chi connectivity index (χ3v) is 2.29. The molecule has 1 heterocycles. The van der Waals surface area contributed by atoms with E-state index in [1.165, 1.54) is 0 Å². The van der Waals surface area contributed by atoms with Crippen LogP contribution in [-0.2, 0) is 18.3 Å². The van der Waals surface area contributed by atoms with Gasteiger partial charge in [0.15, 0.2) is 0 Å². The number of aromatic nitrogens is 2. The summed E-state index contributed by atoms with van der Waals surface area (Å²) >= 11 is 0. The van der Waals surface area contributed by atoms with E-state index in [0.29, 0.717) is 12.3 Å². The van der Waals surface area contributed by atoms with E-state index in [4.69, 9.17) is 5.73 Å². The molecule has 0 aliphatic heterocycles. The van der Waals surface area contributed by atoms with Crippen LogP contribution >= 0.6 is 0 Å². The fourth-order valence-corrected chi connectivity index (χ4v) is 1.43. The Bertz CT molecular complexity index is 346. The molecule has 1 amide bonds. The third-order valence-electron chi connectivity index (χ3n) is 2.29. The van der Waals surface area contributed by atoms with Crippen molar-refractivity contribution >= 4 is 5.91 Å². The molecule has 0 aliphatic rings. The van der Waals surface area contributed by atoms with Gasteiger partial charge in [0.25, 0.3) is 0 Å². The molecule has 0 spiro atoms. The summed E-state index contributed by atoms with van der Waals surface area (Å²) in [5.41, 5.74) is 6.22. The second-order valence-electron chi connectivity index (χ2n) is 4.49. The van der Waals surface area contributed by atoms with Crippen molar-refractivity contribution < 1.29 is 4.79 Å². The zero-order chi connectivity index (χ0) is 12.1. The zero-order valence-corrected chi connectivity index (χ0v) is 10.1. The van der Waals surface area contributed by atoms with E-state index in [9.17, 15) is 4.79 Å². The Morgan fingerprint density at radius 2 is 2.31 bits per heavy atom. The number of aryl methyl sites for hydroxylation is 1. The van der Waals surface area contributed by atoms with Crippen molar-refractivity contribution in [1.29, 1.82) is 0 Å². The normalized spacial score (nSPS) is 13.0. The van der Waals surface area contributed by atoms with Gasteiger partial charge < -0.3 is 15.6 Å². The molecule has 1 atom stereocenters. The van der Waals surface area contributed by atoms with Crippen molar-refractivity contribution in [3.8, 4) is 0 Å². The summed E-state index contributed by atoms with van der Waals surface area (Å²) in [5.74, 6) is 0.164. The number of carbonyl (C=O) groups is 1. The molecule has 0 fully saturated rings. The van der Waals surface area contributed by atoms with Gasteiger partial charge in [-0.05, 0) is 12.5 Å². The number of imidazole rings is 1. The molecule has 5 heteroatoms. The van der Waals surface area contributed by atoms with Crippen LogP contribution in [0.2, 0.25) is 0 Å². The number of carbonyl (C=O) groups excluding carboxylic acids is 1. The van der Waals surface area contributed by atoms with Crippen LogP contribution in [0.5, 0.6) is 0 Å². The molecule has 5 nitrogen and oxygen atoms in total. The Hall–Kier alpha value is -1.36. The Morgan fingerprint density at radius 3 is 2.75 bits per heavy atom. The standard InChI is InChI=1S/C11H20N4O/c1-8(2)5-13-10(11(12)16)4-9-6-15(3)7-14-9/h6-8,10,13H,4-5H2,1-3H3,(H2,12,16). The van der Waals surface area contributed by atoms with E-state index in [1.54, 1.807) is 6.33 Å². The summed E-state index contributed by atoms with van der Waals surface area (Å²) in [6, 6.07) is -0.336. The monoisotopic (exact) mass is 224 g/mol. The van der Waals surface area contributed by atoms with Crippen molar-refractivity contribution in [2.24, 2.45) is 18.7 Å². The van der Waals surface area contributed by atoms with Gasteiger partial charge in [0.2, 0.25) is 5.91 Å². The van der Waals surface area contributed by atoms with Gasteiger partial charge in [0.05, 0.1) is 18.1 Å². The SMILES string of the molecule is CC(C)CNC(Cc1cn(C)cn1)C(N)=O. The van der Waals surface area contributed by atoms with Crippen LogP contribution in [0, 0.1) is 5.92 Å². The number of nitrogens with one attached hydrogen (secondary N) is 1. The maximum Gasteiger partial charge on any atom is 0.234 e. The molecule has 1 aromatic rings. The first-order valence-electron chi connectivity index (χ1n) is 5.48. The first-order chi connectivity index (χ1) is 7.49. The number of nitrogens with two attached hydrogens (primary N) is 1. The van der Waals surface area contributed by atoms with Crippen molar-refractivity contribution in [3.05, 3.63) is 18.2 Å². The smallest absolute Gasteiger partial charge is 0.234 e. The molecule has 0 aliphatic carbocycles. The van der Waals surface area contributed by atoms with Gasteiger partial charge in [-0.15, -0.1) is 0 Å². The number of amides is 1. The molecule has 16 heavy (non-hydrogen) atoms. The summed E-state index contributed by atoms with van der Waals surface area (Å²) in [7, 11) is 1.90. The minimum Gasteiger partial charge on any atom is -0.368 e. The highest BCUT2D eigenvalue weighted by atomic mass is 16.1. The summed E-state index contributed by atoms with van der Waals surface area (Å²) in [4.78, 5) is 15.4. The Labute approximate surface area is 96.0 Å². The molecule has 3 N–H and O–H groups in total. The van der Waals surface area contributed by atoms with E-state index in [0.717, 1.165) is 12.2 Å². The molecular weight excluding hydrogens is 204 g/mol. The van der Waals surface area contributed by atoms with Gasteiger partial charge in [0, 0.05) is 19.7 Å². The quantitative estimate of drug-likeness (QED) is 0.717. The van der Waals surface area contributed by atoms with Crippen LogP contribution in [0.4, 0.5) is 0 Å². The van der Waals surface area contributed by atoms with Gasteiger partial charge >= 0.3 is 0 Å². The number of rotatable bonds is 6. The predicted octanol–water partition coefficient (Wildman–Crippen LogP) is 0.0621. The summed E-state index contributed by atoms with van der Waals surface area (Å²) in [6.45, 7) is 4.96. The molecule has 90 valence electrons. The average molecular weight is 224 g/mol. The highest BCUT2D eigenvalue weighted by Gasteiger charge is 2.16. The van der Waals surface area contributed by atoms with E-state index >= 15 is 0 Å². The molecular formula is C11H20N4O. The molecule has 0 saturated heterocycles. The number of primary amides is 1. The van der Waals surface area contributed by atoms with Gasteiger partial charge in [0.1, 0.15) is 0 Å². The van der Waals surface area contributed by atoms with E-state index in [1.807, 2.05) is 17.8 Å². The number of hydrogen-bond donors (Lipinski definition) is 2. The topological polar surface area (TPSA) is 72.9 Å².